The van der Waals surface area contributed by atoms with E-state index in [1.54, 1.807) is 31.4 Å². The monoisotopic (exact) mass is 277 g/mol. The zero-order chi connectivity index (χ0) is 14.6. The summed E-state index contributed by atoms with van der Waals surface area (Å²) in [5.74, 6) is -0.107. The van der Waals surface area contributed by atoms with Crippen molar-refractivity contribution in [2.24, 2.45) is 0 Å². The Morgan fingerprint density at radius 3 is 2.65 bits per heavy atom. The van der Waals surface area contributed by atoms with Gasteiger partial charge in [0, 0.05) is 19.3 Å². The molecule has 0 saturated carbocycles. The van der Waals surface area contributed by atoms with Crippen molar-refractivity contribution in [3.8, 4) is 6.07 Å². The van der Waals surface area contributed by atoms with E-state index in [4.69, 9.17) is 14.7 Å². The lowest BCUT2D eigenvalue weighted by Crippen LogP contribution is -2.32. The third-order valence-corrected chi connectivity index (χ3v) is 2.47. The summed E-state index contributed by atoms with van der Waals surface area (Å²) in [7, 11) is 1.61. The number of anilines is 1. The number of carbonyl (C=O) groups is 1. The smallest absolute Gasteiger partial charge is 0.239 e. The number of ether oxygens (including phenoxy) is 2. The molecule has 0 saturated heterocycles. The van der Waals surface area contributed by atoms with Crippen LogP contribution in [0, 0.1) is 11.3 Å². The van der Waals surface area contributed by atoms with Crippen LogP contribution in [-0.4, -0.2) is 45.9 Å². The Balaban J connectivity index is 2.11. The van der Waals surface area contributed by atoms with Crippen LogP contribution in [0.15, 0.2) is 24.3 Å². The molecule has 6 nitrogen and oxygen atoms in total. The first-order valence-electron chi connectivity index (χ1n) is 6.33. The van der Waals surface area contributed by atoms with Gasteiger partial charge in [0.2, 0.25) is 5.91 Å². The number of nitrogens with one attached hydrogen (secondary N) is 2. The molecule has 6 heteroatoms. The summed E-state index contributed by atoms with van der Waals surface area (Å²) in [6, 6.07) is 8.96. The maximum absolute atomic E-state index is 11.5. The summed E-state index contributed by atoms with van der Waals surface area (Å²) in [5, 5.41) is 14.4. The normalized spacial score (nSPS) is 9.80. The van der Waals surface area contributed by atoms with Crippen molar-refractivity contribution >= 4 is 11.6 Å². The van der Waals surface area contributed by atoms with Crippen molar-refractivity contribution in [2.45, 2.75) is 0 Å². The van der Waals surface area contributed by atoms with E-state index < -0.39 is 0 Å². The SMILES string of the molecule is COCCOCCNC(=O)CNc1ccc(C#N)cc1. The van der Waals surface area contributed by atoms with Gasteiger partial charge in [0.25, 0.3) is 0 Å². The highest BCUT2D eigenvalue weighted by molar-refractivity contribution is 5.80. The first kappa shape index (κ1) is 16.0. The zero-order valence-corrected chi connectivity index (χ0v) is 11.5. The zero-order valence-electron chi connectivity index (χ0n) is 11.5. The third kappa shape index (κ3) is 6.73. The Morgan fingerprint density at radius 1 is 1.25 bits per heavy atom. The van der Waals surface area contributed by atoms with Gasteiger partial charge in [-0.05, 0) is 24.3 Å². The number of nitriles is 1. The van der Waals surface area contributed by atoms with Gasteiger partial charge in [-0.3, -0.25) is 4.79 Å². The van der Waals surface area contributed by atoms with Gasteiger partial charge in [-0.15, -0.1) is 0 Å². The second-order valence-electron chi connectivity index (χ2n) is 4.00. The summed E-state index contributed by atoms with van der Waals surface area (Å²) in [4.78, 5) is 11.5. The summed E-state index contributed by atoms with van der Waals surface area (Å²) in [5.41, 5.74) is 1.39. The summed E-state index contributed by atoms with van der Waals surface area (Å²) in [6.45, 7) is 2.19. The molecule has 0 atom stereocenters. The standard InChI is InChI=1S/C14H19N3O3/c1-19-8-9-20-7-6-16-14(18)11-17-13-4-2-12(10-15)3-5-13/h2-5,17H,6-9,11H2,1H3,(H,16,18). The van der Waals surface area contributed by atoms with Crippen molar-refractivity contribution in [3.05, 3.63) is 29.8 Å². The van der Waals surface area contributed by atoms with Crippen molar-refractivity contribution in [2.75, 3.05) is 45.3 Å². The number of hydrogen-bond acceptors (Lipinski definition) is 5. The van der Waals surface area contributed by atoms with Gasteiger partial charge in [-0.25, -0.2) is 0 Å². The van der Waals surface area contributed by atoms with E-state index in [-0.39, 0.29) is 12.5 Å². The summed E-state index contributed by atoms with van der Waals surface area (Å²) >= 11 is 0. The van der Waals surface area contributed by atoms with Gasteiger partial charge in [0.15, 0.2) is 0 Å². The number of hydrogen-bond donors (Lipinski definition) is 2. The first-order chi connectivity index (χ1) is 9.76. The lowest BCUT2D eigenvalue weighted by atomic mass is 10.2. The van der Waals surface area contributed by atoms with Crippen molar-refractivity contribution < 1.29 is 14.3 Å². The molecule has 0 aliphatic rings. The number of rotatable bonds is 9. The molecule has 1 aromatic carbocycles. The minimum atomic E-state index is -0.107. The predicted octanol–water partition coefficient (Wildman–Crippen LogP) is 0.749. The Morgan fingerprint density at radius 2 is 2.00 bits per heavy atom. The molecule has 0 aliphatic carbocycles. The van der Waals surface area contributed by atoms with Crippen molar-refractivity contribution in [1.82, 2.24) is 5.32 Å². The lowest BCUT2D eigenvalue weighted by Gasteiger charge is -2.08. The molecule has 0 bridgehead atoms. The molecule has 0 unspecified atom stereocenters. The Labute approximate surface area is 118 Å². The average molecular weight is 277 g/mol. The van der Waals surface area contributed by atoms with E-state index in [0.717, 1.165) is 5.69 Å². The van der Waals surface area contributed by atoms with Gasteiger partial charge in [-0.1, -0.05) is 0 Å². The van der Waals surface area contributed by atoms with Crippen LogP contribution in [0.3, 0.4) is 0 Å². The van der Waals surface area contributed by atoms with Crippen LogP contribution in [0.25, 0.3) is 0 Å². The molecule has 20 heavy (non-hydrogen) atoms. The first-order valence-corrected chi connectivity index (χ1v) is 6.33. The van der Waals surface area contributed by atoms with E-state index >= 15 is 0 Å². The molecule has 0 spiro atoms. The molecule has 2 N–H and O–H groups in total. The topological polar surface area (TPSA) is 83.4 Å². The summed E-state index contributed by atoms with van der Waals surface area (Å²) < 4.78 is 10.1. The van der Waals surface area contributed by atoms with Gasteiger partial charge in [0.05, 0.1) is 38.0 Å². The Kier molecular flexibility index (Phi) is 7.80. The van der Waals surface area contributed by atoms with Crippen LogP contribution < -0.4 is 10.6 Å². The van der Waals surface area contributed by atoms with E-state index in [2.05, 4.69) is 10.6 Å². The molecule has 0 aromatic heterocycles. The minimum Gasteiger partial charge on any atom is -0.382 e. The highest BCUT2D eigenvalue weighted by atomic mass is 16.5. The Hall–Kier alpha value is -2.10. The van der Waals surface area contributed by atoms with Crippen LogP contribution in [0.2, 0.25) is 0 Å². The molecule has 108 valence electrons. The molecule has 0 aliphatic heterocycles. The van der Waals surface area contributed by atoms with Crippen LogP contribution in [-0.2, 0) is 14.3 Å². The lowest BCUT2D eigenvalue weighted by molar-refractivity contribution is -0.119. The minimum absolute atomic E-state index is 0.107. The molecule has 1 amide bonds. The number of amides is 1. The molecule has 1 rings (SSSR count). The van der Waals surface area contributed by atoms with E-state index in [0.29, 0.717) is 31.9 Å². The van der Waals surface area contributed by atoms with E-state index in [1.807, 2.05) is 6.07 Å². The molecular weight excluding hydrogens is 258 g/mol. The van der Waals surface area contributed by atoms with Crippen molar-refractivity contribution in [3.63, 3.8) is 0 Å². The molecule has 0 heterocycles. The third-order valence-electron chi connectivity index (χ3n) is 2.47. The van der Waals surface area contributed by atoms with Crippen LogP contribution in [0.1, 0.15) is 5.56 Å². The number of methoxy groups -OCH3 is 1. The highest BCUT2D eigenvalue weighted by Crippen LogP contribution is 2.07. The number of nitrogens with zero attached hydrogens (tertiary/aromatic N) is 1. The predicted molar refractivity (Wildman–Crippen MR) is 75.4 cm³/mol. The molecular formula is C14H19N3O3. The summed E-state index contributed by atoms with van der Waals surface area (Å²) in [6.07, 6.45) is 0. The van der Waals surface area contributed by atoms with Crippen LogP contribution in [0.5, 0.6) is 0 Å². The van der Waals surface area contributed by atoms with E-state index in [9.17, 15) is 4.79 Å². The second kappa shape index (κ2) is 9.78. The van der Waals surface area contributed by atoms with Gasteiger partial charge in [-0.2, -0.15) is 5.26 Å². The van der Waals surface area contributed by atoms with Crippen LogP contribution in [0.4, 0.5) is 5.69 Å². The maximum atomic E-state index is 11.5. The number of carbonyl (C=O) groups excluding carboxylic acids is 1. The molecule has 0 radical (unpaired) electrons. The maximum Gasteiger partial charge on any atom is 0.239 e. The largest absolute Gasteiger partial charge is 0.382 e. The number of benzene rings is 1. The Bertz CT molecular complexity index is 440. The van der Waals surface area contributed by atoms with Crippen LogP contribution >= 0.6 is 0 Å². The van der Waals surface area contributed by atoms with Gasteiger partial charge >= 0.3 is 0 Å². The fraction of sp³-hybridized carbons (Fsp3) is 0.429. The second-order valence-corrected chi connectivity index (χ2v) is 4.00. The van der Waals surface area contributed by atoms with Gasteiger partial charge < -0.3 is 20.1 Å². The highest BCUT2D eigenvalue weighted by Gasteiger charge is 2.00. The van der Waals surface area contributed by atoms with Crippen molar-refractivity contribution in [1.29, 1.82) is 5.26 Å². The van der Waals surface area contributed by atoms with E-state index in [1.165, 1.54) is 0 Å². The fourth-order valence-corrected chi connectivity index (χ4v) is 1.41. The van der Waals surface area contributed by atoms with Gasteiger partial charge in [0.1, 0.15) is 0 Å². The average Bonchev–Trinajstić information content (AvgIpc) is 2.49. The fourth-order valence-electron chi connectivity index (χ4n) is 1.41. The molecule has 1 aromatic rings. The molecule has 0 fully saturated rings. The quantitative estimate of drug-likeness (QED) is 0.651.